The molecule has 3 aromatic rings. The number of hydrogen-bond donors (Lipinski definition) is 1. The maximum atomic E-state index is 13.1. The Morgan fingerprint density at radius 1 is 1.10 bits per heavy atom. The van der Waals surface area contributed by atoms with Crippen LogP contribution in [0.4, 0.5) is 5.69 Å². The quantitative estimate of drug-likeness (QED) is 0.694. The fraction of sp³-hybridized carbons (Fsp3) is 0.273. The Bertz CT molecular complexity index is 1200. The van der Waals surface area contributed by atoms with Crippen molar-refractivity contribution in [2.24, 2.45) is 0 Å². The van der Waals surface area contributed by atoms with E-state index in [0.717, 1.165) is 39.5 Å². The highest BCUT2D eigenvalue weighted by Crippen LogP contribution is 2.40. The first kappa shape index (κ1) is 19.4. The second kappa shape index (κ2) is 7.15. The van der Waals surface area contributed by atoms with E-state index in [2.05, 4.69) is 4.72 Å². The smallest absolute Gasteiger partial charge is 0.268 e. The molecule has 0 radical (unpaired) electrons. The number of carbonyl (C=O) groups is 1. The number of aromatic nitrogens is 1. The minimum Gasteiger partial charge on any atom is -0.268 e. The molecule has 150 valence electrons. The summed E-state index contributed by atoms with van der Waals surface area (Å²) >= 11 is 0. The van der Waals surface area contributed by atoms with Gasteiger partial charge in [-0.2, -0.15) is 8.42 Å². The normalized spacial score (nSPS) is 14.0. The number of carbonyl (C=O) groups excluding carboxylic acids is 1. The van der Waals surface area contributed by atoms with Crippen molar-refractivity contribution in [1.29, 1.82) is 0 Å². The number of anilines is 1. The van der Waals surface area contributed by atoms with Crippen LogP contribution in [0.1, 0.15) is 45.9 Å². The van der Waals surface area contributed by atoms with Gasteiger partial charge in [-0.15, -0.1) is 0 Å². The maximum Gasteiger partial charge on any atom is 0.326 e. The standard InChI is InChI=1S/C22H23N3O3S/c1-14-11-15(2)21-18(12-14)19(13-20(23-21)16-9-10-16)22(26)24-29(27,28)25(3)17-7-5-4-6-8-17/h4-8,11-13,16H,9-10H2,1-3H3,(H,24,26). The molecule has 1 aromatic heterocycles. The fourth-order valence-electron chi connectivity index (χ4n) is 3.49. The molecule has 1 aliphatic carbocycles. The predicted octanol–water partition coefficient (Wildman–Crippen LogP) is 3.84. The second-order valence-corrected chi connectivity index (χ2v) is 9.29. The van der Waals surface area contributed by atoms with Crippen molar-refractivity contribution in [2.45, 2.75) is 32.6 Å². The van der Waals surface area contributed by atoms with Crippen LogP contribution in [0.15, 0.2) is 48.5 Å². The third kappa shape index (κ3) is 3.82. The fourth-order valence-corrected chi connectivity index (χ4v) is 4.37. The third-order valence-electron chi connectivity index (χ3n) is 5.21. The molecule has 1 heterocycles. The number of nitrogens with zero attached hydrogens (tertiary/aromatic N) is 2. The van der Waals surface area contributed by atoms with Crippen LogP contribution in [0.2, 0.25) is 0 Å². The molecule has 0 unspecified atom stereocenters. The lowest BCUT2D eigenvalue weighted by atomic mass is 10.0. The number of amides is 1. The van der Waals surface area contributed by atoms with E-state index in [1.54, 1.807) is 36.4 Å². The van der Waals surface area contributed by atoms with Gasteiger partial charge in [0.05, 0.1) is 16.8 Å². The molecule has 1 amide bonds. The van der Waals surface area contributed by atoms with Crippen LogP contribution in [0.5, 0.6) is 0 Å². The van der Waals surface area contributed by atoms with Crippen molar-refractivity contribution in [3.63, 3.8) is 0 Å². The highest BCUT2D eigenvalue weighted by molar-refractivity contribution is 7.91. The zero-order chi connectivity index (χ0) is 20.8. The Morgan fingerprint density at radius 3 is 2.45 bits per heavy atom. The van der Waals surface area contributed by atoms with Gasteiger partial charge in [0.2, 0.25) is 0 Å². The number of hydrogen-bond acceptors (Lipinski definition) is 4. The summed E-state index contributed by atoms with van der Waals surface area (Å²) in [6, 6.07) is 14.3. The molecule has 1 aliphatic rings. The number of pyridine rings is 1. The molecule has 0 saturated heterocycles. The molecule has 29 heavy (non-hydrogen) atoms. The molecule has 6 nitrogen and oxygen atoms in total. The number of fused-ring (bicyclic) bond motifs is 1. The lowest BCUT2D eigenvalue weighted by molar-refractivity contribution is 0.0983. The molecule has 2 aromatic carbocycles. The van der Waals surface area contributed by atoms with Crippen LogP contribution in [-0.4, -0.2) is 26.4 Å². The van der Waals surface area contributed by atoms with E-state index in [0.29, 0.717) is 22.6 Å². The lowest BCUT2D eigenvalue weighted by Gasteiger charge is -2.20. The maximum absolute atomic E-state index is 13.1. The van der Waals surface area contributed by atoms with E-state index in [1.807, 2.05) is 26.0 Å². The summed E-state index contributed by atoms with van der Waals surface area (Å²) in [7, 11) is -2.64. The summed E-state index contributed by atoms with van der Waals surface area (Å²) in [6.45, 7) is 3.91. The van der Waals surface area contributed by atoms with E-state index in [9.17, 15) is 13.2 Å². The zero-order valence-corrected chi connectivity index (χ0v) is 17.5. The van der Waals surface area contributed by atoms with Crippen LogP contribution < -0.4 is 9.03 Å². The summed E-state index contributed by atoms with van der Waals surface area (Å²) < 4.78 is 28.9. The van der Waals surface area contributed by atoms with Crippen molar-refractivity contribution < 1.29 is 13.2 Å². The van der Waals surface area contributed by atoms with Crippen LogP contribution in [0.25, 0.3) is 10.9 Å². The van der Waals surface area contributed by atoms with Crippen molar-refractivity contribution in [1.82, 2.24) is 9.71 Å². The number of rotatable bonds is 5. The third-order valence-corrected chi connectivity index (χ3v) is 6.59. The van der Waals surface area contributed by atoms with Crippen LogP contribution in [-0.2, 0) is 10.2 Å². The zero-order valence-electron chi connectivity index (χ0n) is 16.6. The average molecular weight is 410 g/mol. The minimum atomic E-state index is -4.05. The topological polar surface area (TPSA) is 79.4 Å². The largest absolute Gasteiger partial charge is 0.326 e. The monoisotopic (exact) mass is 409 g/mol. The minimum absolute atomic E-state index is 0.341. The van der Waals surface area contributed by atoms with Crippen molar-refractivity contribution in [3.8, 4) is 0 Å². The van der Waals surface area contributed by atoms with E-state index in [1.165, 1.54) is 7.05 Å². The molecule has 0 atom stereocenters. The first-order valence-corrected chi connectivity index (χ1v) is 11.0. The predicted molar refractivity (Wildman–Crippen MR) is 114 cm³/mol. The molecular weight excluding hydrogens is 386 g/mol. The molecule has 0 spiro atoms. The van der Waals surface area contributed by atoms with Gasteiger partial charge >= 0.3 is 10.2 Å². The van der Waals surface area contributed by atoms with Gasteiger partial charge in [0.1, 0.15) is 0 Å². The SMILES string of the molecule is Cc1cc(C)c2nc(C3CC3)cc(C(=O)NS(=O)(=O)N(C)c3ccccc3)c2c1. The van der Waals surface area contributed by atoms with Crippen LogP contribution in [0.3, 0.4) is 0 Å². The summed E-state index contributed by atoms with van der Waals surface area (Å²) in [5.41, 5.74) is 4.38. The molecule has 1 N–H and O–H groups in total. The van der Waals surface area contributed by atoms with E-state index < -0.39 is 16.1 Å². The number of para-hydroxylation sites is 1. The van der Waals surface area contributed by atoms with Gasteiger partial charge in [-0.1, -0.05) is 29.8 Å². The first-order chi connectivity index (χ1) is 13.8. The summed E-state index contributed by atoms with van der Waals surface area (Å²) in [4.78, 5) is 17.8. The van der Waals surface area contributed by atoms with Gasteiger partial charge in [-0.25, -0.2) is 4.72 Å². The van der Waals surface area contributed by atoms with E-state index in [-0.39, 0.29) is 0 Å². The van der Waals surface area contributed by atoms with Crippen LogP contribution in [0, 0.1) is 13.8 Å². The summed E-state index contributed by atoms with van der Waals surface area (Å²) in [5.74, 6) is -0.303. The molecule has 4 rings (SSSR count). The Hall–Kier alpha value is -2.93. The highest BCUT2D eigenvalue weighted by atomic mass is 32.2. The summed E-state index contributed by atoms with van der Waals surface area (Å²) in [6.07, 6.45) is 2.08. The van der Waals surface area contributed by atoms with Crippen molar-refractivity contribution in [3.05, 3.63) is 70.9 Å². The second-order valence-electron chi connectivity index (χ2n) is 7.59. The Morgan fingerprint density at radius 2 is 1.79 bits per heavy atom. The Kier molecular flexibility index (Phi) is 4.78. The molecule has 0 bridgehead atoms. The van der Waals surface area contributed by atoms with Gasteiger partial charge in [0.25, 0.3) is 5.91 Å². The first-order valence-electron chi connectivity index (χ1n) is 9.54. The van der Waals surface area contributed by atoms with Gasteiger partial charge in [0, 0.05) is 24.0 Å². The average Bonchev–Trinajstić information content (AvgIpc) is 3.52. The van der Waals surface area contributed by atoms with Crippen molar-refractivity contribution in [2.75, 3.05) is 11.4 Å². The van der Waals surface area contributed by atoms with Crippen molar-refractivity contribution >= 4 is 32.7 Å². The van der Waals surface area contributed by atoms with E-state index >= 15 is 0 Å². The Labute approximate surface area is 170 Å². The highest BCUT2D eigenvalue weighted by Gasteiger charge is 2.29. The van der Waals surface area contributed by atoms with Gasteiger partial charge in [-0.05, 0) is 56.5 Å². The molecular formula is C22H23N3O3S. The molecule has 1 fully saturated rings. The Balaban J connectivity index is 1.75. The number of nitrogens with one attached hydrogen (secondary N) is 1. The molecule has 7 heteroatoms. The van der Waals surface area contributed by atoms with E-state index in [4.69, 9.17) is 4.98 Å². The number of aryl methyl sites for hydroxylation is 2. The number of benzene rings is 2. The van der Waals surface area contributed by atoms with Gasteiger partial charge < -0.3 is 0 Å². The molecule has 1 saturated carbocycles. The van der Waals surface area contributed by atoms with Gasteiger partial charge in [0.15, 0.2) is 0 Å². The summed E-state index contributed by atoms with van der Waals surface area (Å²) in [5, 5.41) is 0.668. The van der Waals surface area contributed by atoms with Crippen LogP contribution >= 0.6 is 0 Å². The lowest BCUT2D eigenvalue weighted by Crippen LogP contribution is -2.41. The molecule has 0 aliphatic heterocycles. The van der Waals surface area contributed by atoms with Gasteiger partial charge in [-0.3, -0.25) is 14.1 Å².